The number of aromatic nitrogens is 1. The molecule has 1 aromatic heterocycles. The van der Waals surface area contributed by atoms with Crippen molar-refractivity contribution in [3.8, 4) is 5.75 Å². The number of benzene rings is 2. The van der Waals surface area contributed by atoms with Crippen LogP contribution in [0.2, 0.25) is 5.15 Å². The number of fused-ring (bicyclic) bond motifs is 1. The van der Waals surface area contributed by atoms with Crippen LogP contribution < -0.4 is 14.8 Å². The number of para-hydroxylation sites is 1. The summed E-state index contributed by atoms with van der Waals surface area (Å²) >= 11 is 6.32. The van der Waals surface area contributed by atoms with Gasteiger partial charge < -0.3 is 10.1 Å². The molecule has 0 spiro atoms. The molecule has 0 aliphatic heterocycles. The summed E-state index contributed by atoms with van der Waals surface area (Å²) in [5.41, 5.74) is 2.21. The molecule has 0 atom stereocenters. The van der Waals surface area contributed by atoms with Gasteiger partial charge >= 0.3 is 0 Å². The number of hydrogen-bond donors (Lipinski definition) is 2. The quantitative estimate of drug-likeness (QED) is 0.569. The van der Waals surface area contributed by atoms with Crippen molar-refractivity contribution in [3.05, 3.63) is 59.2 Å². The van der Waals surface area contributed by atoms with Gasteiger partial charge in [0.05, 0.1) is 23.2 Å². The monoisotopic (exact) mass is 417 g/mol. The molecular weight excluding hydrogens is 398 g/mol. The highest BCUT2D eigenvalue weighted by atomic mass is 35.5. The second-order valence-corrected chi connectivity index (χ2v) is 8.81. The van der Waals surface area contributed by atoms with Gasteiger partial charge in [-0.3, -0.25) is 0 Å². The fraction of sp³-hybridized carbons (Fsp3) is 0.250. The predicted molar refractivity (Wildman–Crippen MR) is 110 cm³/mol. The van der Waals surface area contributed by atoms with Crippen LogP contribution in [0.3, 0.4) is 0 Å². The predicted octanol–water partition coefficient (Wildman–Crippen LogP) is 3.95. The van der Waals surface area contributed by atoms with Crippen LogP contribution in [0.25, 0.3) is 10.9 Å². The van der Waals surface area contributed by atoms with Gasteiger partial charge in [0.25, 0.3) is 0 Å². The number of nitrogens with one attached hydrogen (secondary N) is 2. The SMILES string of the molecule is COc1ccc(S(=O)(=O)NC2CC2)cc1NCc1cc2ccccc2nc1Cl. The fourth-order valence-electron chi connectivity index (χ4n) is 2.93. The summed E-state index contributed by atoms with van der Waals surface area (Å²) < 4.78 is 33.1. The summed E-state index contributed by atoms with van der Waals surface area (Å²) in [6, 6.07) is 14.5. The molecule has 0 saturated heterocycles. The van der Waals surface area contributed by atoms with Crippen LogP contribution in [-0.4, -0.2) is 26.6 Å². The molecule has 28 heavy (non-hydrogen) atoms. The minimum atomic E-state index is -3.55. The summed E-state index contributed by atoms with van der Waals surface area (Å²) in [5, 5.41) is 4.62. The standard InChI is InChI=1S/C20H20ClN3O3S/c1-27-19-9-8-16(28(25,26)24-15-6-7-15)11-18(19)22-12-14-10-13-4-2-3-5-17(13)23-20(14)21/h2-5,8-11,15,22,24H,6-7,12H2,1H3. The van der Waals surface area contributed by atoms with Crippen molar-refractivity contribution in [1.29, 1.82) is 0 Å². The molecule has 8 heteroatoms. The second-order valence-electron chi connectivity index (χ2n) is 6.74. The lowest BCUT2D eigenvalue weighted by Crippen LogP contribution is -2.25. The van der Waals surface area contributed by atoms with Gasteiger partial charge in [0.15, 0.2) is 0 Å². The third-order valence-corrected chi connectivity index (χ3v) is 6.45. The van der Waals surface area contributed by atoms with Crippen LogP contribution in [0.1, 0.15) is 18.4 Å². The van der Waals surface area contributed by atoms with Crippen molar-refractivity contribution >= 4 is 38.2 Å². The van der Waals surface area contributed by atoms with Gasteiger partial charge in [0, 0.05) is 23.5 Å². The Hall–Kier alpha value is -2.35. The van der Waals surface area contributed by atoms with Crippen molar-refractivity contribution in [2.75, 3.05) is 12.4 Å². The number of rotatable bonds is 7. The Morgan fingerprint density at radius 2 is 1.96 bits per heavy atom. The van der Waals surface area contributed by atoms with Crippen LogP contribution in [0, 0.1) is 0 Å². The molecule has 1 heterocycles. The minimum absolute atomic E-state index is 0.0472. The molecule has 2 N–H and O–H groups in total. The maximum Gasteiger partial charge on any atom is 0.240 e. The van der Waals surface area contributed by atoms with E-state index in [2.05, 4.69) is 15.0 Å². The zero-order valence-electron chi connectivity index (χ0n) is 15.3. The van der Waals surface area contributed by atoms with Gasteiger partial charge in [-0.2, -0.15) is 0 Å². The third kappa shape index (κ3) is 4.06. The Morgan fingerprint density at radius 1 is 1.18 bits per heavy atom. The summed E-state index contributed by atoms with van der Waals surface area (Å²) in [7, 11) is -2.01. The second kappa shape index (κ2) is 7.58. The van der Waals surface area contributed by atoms with E-state index in [-0.39, 0.29) is 10.9 Å². The summed E-state index contributed by atoms with van der Waals surface area (Å²) in [6.45, 7) is 0.382. The van der Waals surface area contributed by atoms with Crippen LogP contribution in [0.5, 0.6) is 5.75 Å². The topological polar surface area (TPSA) is 80.3 Å². The maximum atomic E-state index is 12.5. The Balaban J connectivity index is 1.60. The molecule has 6 nitrogen and oxygen atoms in total. The molecule has 146 valence electrons. The molecule has 0 amide bonds. The van der Waals surface area contributed by atoms with E-state index in [1.807, 2.05) is 30.3 Å². The number of anilines is 1. The number of nitrogens with zero attached hydrogens (tertiary/aromatic N) is 1. The molecule has 0 radical (unpaired) electrons. The van der Waals surface area contributed by atoms with E-state index >= 15 is 0 Å². The first-order valence-electron chi connectivity index (χ1n) is 8.95. The maximum absolute atomic E-state index is 12.5. The van der Waals surface area contributed by atoms with E-state index in [1.54, 1.807) is 25.3 Å². The van der Waals surface area contributed by atoms with E-state index in [9.17, 15) is 8.42 Å². The summed E-state index contributed by atoms with van der Waals surface area (Å²) in [6.07, 6.45) is 1.77. The molecule has 2 aromatic carbocycles. The van der Waals surface area contributed by atoms with Crippen LogP contribution in [0.4, 0.5) is 5.69 Å². The smallest absolute Gasteiger partial charge is 0.240 e. The Kier molecular flexibility index (Phi) is 5.14. The fourth-order valence-corrected chi connectivity index (χ4v) is 4.47. The molecule has 1 fully saturated rings. The van der Waals surface area contributed by atoms with Crippen LogP contribution in [-0.2, 0) is 16.6 Å². The van der Waals surface area contributed by atoms with E-state index < -0.39 is 10.0 Å². The van der Waals surface area contributed by atoms with Gasteiger partial charge in [-0.1, -0.05) is 29.8 Å². The number of sulfonamides is 1. The van der Waals surface area contributed by atoms with Crippen LogP contribution in [0.15, 0.2) is 53.4 Å². The highest BCUT2D eigenvalue weighted by molar-refractivity contribution is 7.89. The van der Waals surface area contributed by atoms with E-state index in [4.69, 9.17) is 16.3 Å². The summed E-state index contributed by atoms with van der Waals surface area (Å²) in [5.74, 6) is 0.551. The number of pyridine rings is 1. The number of halogens is 1. The zero-order valence-corrected chi connectivity index (χ0v) is 16.8. The summed E-state index contributed by atoms with van der Waals surface area (Å²) in [4.78, 5) is 4.61. The van der Waals surface area contributed by atoms with Crippen molar-refractivity contribution in [1.82, 2.24) is 9.71 Å². The molecular formula is C20H20ClN3O3S. The lowest BCUT2D eigenvalue weighted by atomic mass is 10.1. The molecule has 4 rings (SSSR count). The number of ether oxygens (including phenoxy) is 1. The lowest BCUT2D eigenvalue weighted by molar-refractivity contribution is 0.416. The largest absolute Gasteiger partial charge is 0.495 e. The zero-order chi connectivity index (χ0) is 19.7. The molecule has 0 unspecified atom stereocenters. The van der Waals surface area contributed by atoms with Gasteiger partial charge in [-0.15, -0.1) is 0 Å². The lowest BCUT2D eigenvalue weighted by Gasteiger charge is -2.14. The first-order chi connectivity index (χ1) is 13.5. The van der Waals surface area contributed by atoms with Crippen molar-refractivity contribution in [2.24, 2.45) is 0 Å². The Morgan fingerprint density at radius 3 is 2.71 bits per heavy atom. The Bertz CT molecular complexity index is 1130. The minimum Gasteiger partial charge on any atom is -0.495 e. The van der Waals surface area contributed by atoms with Crippen molar-refractivity contribution in [2.45, 2.75) is 30.3 Å². The van der Waals surface area contributed by atoms with E-state index in [0.717, 1.165) is 29.3 Å². The Labute approximate surface area is 168 Å². The molecule has 1 aliphatic carbocycles. The van der Waals surface area contributed by atoms with Gasteiger partial charge in [0.1, 0.15) is 10.9 Å². The van der Waals surface area contributed by atoms with E-state index in [1.165, 1.54) is 0 Å². The average molecular weight is 418 g/mol. The van der Waals surface area contributed by atoms with Gasteiger partial charge in [-0.25, -0.2) is 18.1 Å². The molecule has 1 aliphatic rings. The number of hydrogen-bond acceptors (Lipinski definition) is 5. The average Bonchev–Trinajstić information content (AvgIpc) is 3.49. The number of methoxy groups -OCH3 is 1. The van der Waals surface area contributed by atoms with Gasteiger partial charge in [0.2, 0.25) is 10.0 Å². The molecule has 1 saturated carbocycles. The molecule has 0 bridgehead atoms. The molecule has 3 aromatic rings. The van der Waals surface area contributed by atoms with E-state index in [0.29, 0.717) is 23.1 Å². The highest BCUT2D eigenvalue weighted by Crippen LogP contribution is 2.30. The van der Waals surface area contributed by atoms with Crippen LogP contribution >= 0.6 is 11.6 Å². The van der Waals surface area contributed by atoms with Crippen molar-refractivity contribution < 1.29 is 13.2 Å². The normalized spacial score (nSPS) is 14.2. The van der Waals surface area contributed by atoms with Gasteiger partial charge in [-0.05, 0) is 43.2 Å². The van der Waals surface area contributed by atoms with Crippen molar-refractivity contribution in [3.63, 3.8) is 0 Å². The first kappa shape index (κ1) is 19.0. The highest BCUT2D eigenvalue weighted by Gasteiger charge is 2.28. The first-order valence-corrected chi connectivity index (χ1v) is 10.8. The third-order valence-electron chi connectivity index (χ3n) is 4.60.